The van der Waals surface area contributed by atoms with Crippen LogP contribution in [0.4, 0.5) is 17.5 Å². The molecule has 6 aromatic heterocycles. The highest BCUT2D eigenvalue weighted by atomic mass is 16.5. The maximum atomic E-state index is 11.7. The summed E-state index contributed by atoms with van der Waals surface area (Å²) in [5, 5.41) is 3.27. The number of para-hydroxylation sites is 3. The fourth-order valence-corrected chi connectivity index (χ4v) is 16.6. The van der Waals surface area contributed by atoms with Crippen molar-refractivity contribution < 1.29 is 19.0 Å². The van der Waals surface area contributed by atoms with Crippen LogP contribution in [0.5, 0.6) is 34.5 Å². The number of aromatic nitrogens is 9. The first-order valence-corrected chi connectivity index (χ1v) is 39.0. The molecule has 3 aliphatic carbocycles. The number of nitrogen functional groups attached to an aromatic ring is 3. The number of ether oxygens (including phenoxy) is 3. The third-order valence-corrected chi connectivity index (χ3v) is 22.9. The zero-order valence-electron chi connectivity index (χ0n) is 63.0. The molecule has 3 saturated carbocycles. The summed E-state index contributed by atoms with van der Waals surface area (Å²) >= 11 is 0. The fourth-order valence-electron chi connectivity index (χ4n) is 16.6. The Morgan fingerprint density at radius 3 is 0.917 bits per heavy atom. The summed E-state index contributed by atoms with van der Waals surface area (Å²) in [5.74, 6) is 7.92. The third-order valence-electron chi connectivity index (χ3n) is 22.9. The second-order valence-electron chi connectivity index (χ2n) is 30.0. The second kappa shape index (κ2) is 34.8. The van der Waals surface area contributed by atoms with Gasteiger partial charge in [0.15, 0.2) is 17.5 Å². The monoisotopic (exact) mass is 1460 g/mol. The predicted octanol–water partition coefficient (Wildman–Crippen LogP) is 14.7. The average Bonchev–Trinajstić information content (AvgIpc) is 1.64. The van der Waals surface area contributed by atoms with Crippen molar-refractivity contribution in [2.75, 3.05) is 117 Å². The van der Waals surface area contributed by atoms with Crippen LogP contribution in [-0.4, -0.2) is 186 Å². The molecule has 9 heterocycles. The molecule has 3 saturated heterocycles. The number of likely N-dealkylation sites (N-methyl/N-ethyl adjacent to an activating group) is 3. The van der Waals surface area contributed by atoms with Gasteiger partial charge >= 0.3 is 0 Å². The molecule has 0 atom stereocenters. The highest BCUT2D eigenvalue weighted by Gasteiger charge is 2.34. The Morgan fingerprint density at radius 1 is 0.339 bits per heavy atom. The Morgan fingerprint density at radius 2 is 0.624 bits per heavy atom. The van der Waals surface area contributed by atoms with E-state index in [9.17, 15) is 4.79 Å². The number of hydrogen-bond acceptors (Lipinski definition) is 19. The normalized spacial score (nSPS) is 20.0. The number of benzene rings is 6. The van der Waals surface area contributed by atoms with E-state index in [1.54, 1.807) is 12.7 Å². The van der Waals surface area contributed by atoms with Gasteiger partial charge in [-0.05, 0) is 229 Å². The lowest BCUT2D eigenvalue weighted by molar-refractivity contribution is -0.120. The fraction of sp³-hybridized carbons (Fsp3) is 0.368. The van der Waals surface area contributed by atoms with E-state index in [1.165, 1.54) is 134 Å². The Balaban J connectivity index is 0.000000125. The van der Waals surface area contributed by atoms with Gasteiger partial charge in [-0.25, -0.2) is 29.9 Å². The molecule has 22 nitrogen and oxygen atoms in total. The van der Waals surface area contributed by atoms with Crippen molar-refractivity contribution in [3.05, 3.63) is 218 Å². The van der Waals surface area contributed by atoms with Crippen LogP contribution in [0.2, 0.25) is 0 Å². The molecule has 0 bridgehead atoms. The molecule has 18 rings (SSSR count). The first kappa shape index (κ1) is 73.9. The first-order valence-electron chi connectivity index (χ1n) is 39.0. The lowest BCUT2D eigenvalue weighted by Crippen LogP contribution is -2.49. The molecule has 6 fully saturated rings. The number of nitrogens with zero attached hydrogens (tertiary/aromatic N) is 14. The maximum absolute atomic E-state index is 11.7. The number of nitrogens with one attached hydrogen (secondary N) is 1. The van der Waals surface area contributed by atoms with E-state index in [0.717, 1.165) is 116 Å². The topological polar surface area (TPSA) is 243 Å². The van der Waals surface area contributed by atoms with E-state index in [2.05, 4.69) is 123 Å². The molecule has 0 unspecified atom stereocenters. The largest absolute Gasteiger partial charge is 0.457 e. The molecule has 0 amide bonds. The summed E-state index contributed by atoms with van der Waals surface area (Å²) in [6, 6.07) is 54.9. The van der Waals surface area contributed by atoms with Gasteiger partial charge in [-0.15, -0.1) is 0 Å². The van der Waals surface area contributed by atoms with Crippen molar-refractivity contribution in [1.29, 1.82) is 0 Å². The number of piperazine rings is 3. The minimum Gasteiger partial charge on any atom is -0.457 e. The Kier molecular flexibility index (Phi) is 23.6. The van der Waals surface area contributed by atoms with Crippen LogP contribution in [0.3, 0.4) is 0 Å². The quantitative estimate of drug-likeness (QED) is 0.0791. The minimum atomic E-state index is 0.307. The summed E-state index contributed by atoms with van der Waals surface area (Å²) in [4.78, 5) is 51.1. The van der Waals surface area contributed by atoms with Crippen LogP contribution in [0.25, 0.3) is 50.2 Å². The molecule has 6 aliphatic rings. The van der Waals surface area contributed by atoms with Crippen LogP contribution in [0, 0.1) is 0 Å². The van der Waals surface area contributed by atoms with Crippen LogP contribution in [-0.2, 0) is 4.79 Å². The molecule has 3 aliphatic heterocycles. The number of carbonyl (C=O) groups excluding carboxylic acids is 1. The number of fused-ring (bicyclic) bond motifs is 3. The number of rotatable bonds is 14. The smallest absolute Gasteiger partial charge is 0.151 e. The standard InChI is InChI=1S/2C29H34N6O.C24H22N4O2.C5H12N2/c2*1-33-15-17-34(18-16-33)22-9-7-21(8-10-22)26-19-35(28-27(26)31-20-32-29(28)30)23-11-13-25(14-12-23)36-24-5-3-2-4-6-24;25-24-23-22(26-15-27-24)21(16-6-10-18(29)11-7-16)14-28(23)17-8-12-20(13-9-17)30-19-4-2-1-3-5-19;1-7-4-2-6-3-5-7/h2*2-6,11-14,19-22H,7-10,15-18H2,1H3,(H2,30,31,32);1-5,8-9,12-16H,6-7,10-11H2,(H2,25,26,27);6H,2-5H2,1H3. The van der Waals surface area contributed by atoms with Crippen LogP contribution in [0.15, 0.2) is 201 Å². The van der Waals surface area contributed by atoms with Gasteiger partial charge in [0.1, 0.15) is 75.8 Å². The molecule has 6 aromatic carbocycles. The summed E-state index contributed by atoms with van der Waals surface area (Å²) < 4.78 is 24.2. The van der Waals surface area contributed by atoms with Gasteiger partial charge in [0.05, 0.1) is 16.6 Å². The first-order chi connectivity index (χ1) is 53.4. The van der Waals surface area contributed by atoms with E-state index in [4.69, 9.17) is 41.4 Å². The SMILES string of the molecule is CN1CCN(C2CCC(c3cn(-c4ccc(Oc5ccccc5)cc4)c4c(N)ncnc34)CC2)CC1.CN1CCN(C2CCC(c3cn(-c4ccc(Oc5ccccc5)cc4)c4c(N)ncnc34)CC2)CC1.CN1CCNCC1.Nc1ncnc2c(C3CCC(=O)CC3)cn(-c3ccc(Oc4ccccc4)cc3)c12. The Labute approximate surface area is 638 Å². The molecular weight excluding hydrogens is 1360 g/mol. The summed E-state index contributed by atoms with van der Waals surface area (Å²) in [6.45, 7) is 14.2. The molecule has 564 valence electrons. The Bertz CT molecular complexity index is 4710. The van der Waals surface area contributed by atoms with E-state index in [-0.39, 0.29) is 0 Å². The predicted molar refractivity (Wildman–Crippen MR) is 434 cm³/mol. The highest BCUT2D eigenvalue weighted by Crippen LogP contribution is 2.44. The number of carbonyl (C=O) groups is 1. The summed E-state index contributed by atoms with van der Waals surface area (Å²) in [5.41, 5.74) is 31.2. The van der Waals surface area contributed by atoms with Crippen molar-refractivity contribution in [1.82, 2.24) is 73.4 Å². The highest BCUT2D eigenvalue weighted by molar-refractivity contribution is 5.92. The van der Waals surface area contributed by atoms with E-state index < -0.39 is 0 Å². The van der Waals surface area contributed by atoms with Crippen molar-refractivity contribution in [2.24, 2.45) is 0 Å². The zero-order valence-corrected chi connectivity index (χ0v) is 63.0. The lowest BCUT2D eigenvalue weighted by atomic mass is 9.81. The molecule has 109 heavy (non-hydrogen) atoms. The molecule has 0 radical (unpaired) electrons. The van der Waals surface area contributed by atoms with Gasteiger partial charge in [0.2, 0.25) is 0 Å². The molecule has 7 N–H and O–H groups in total. The van der Waals surface area contributed by atoms with E-state index in [1.807, 2.05) is 144 Å². The zero-order chi connectivity index (χ0) is 74.6. The number of Topliss-reactive ketones (excluding diaryl/α,β-unsaturated/α-hetero) is 1. The number of ketones is 1. The van der Waals surface area contributed by atoms with Crippen LogP contribution in [0.1, 0.15) is 111 Å². The average molecular weight is 1460 g/mol. The van der Waals surface area contributed by atoms with E-state index >= 15 is 0 Å². The van der Waals surface area contributed by atoms with Gasteiger partial charge in [0.25, 0.3) is 0 Å². The lowest BCUT2D eigenvalue weighted by Gasteiger charge is -2.41. The molecule has 0 spiro atoms. The van der Waals surface area contributed by atoms with Crippen LogP contribution < -0.4 is 36.7 Å². The molecule has 22 heteroatoms. The number of hydrogen-bond donors (Lipinski definition) is 4. The molecular formula is C87H102N18O4. The van der Waals surface area contributed by atoms with Crippen molar-refractivity contribution >= 4 is 56.3 Å². The molecule has 12 aromatic rings. The van der Waals surface area contributed by atoms with Gasteiger partial charge < -0.3 is 65.1 Å². The minimum absolute atomic E-state index is 0.307. The second-order valence-corrected chi connectivity index (χ2v) is 30.0. The third kappa shape index (κ3) is 17.8. The van der Waals surface area contributed by atoms with Gasteiger partial charge in [-0.3, -0.25) is 14.6 Å². The summed E-state index contributed by atoms with van der Waals surface area (Å²) in [7, 11) is 6.60. The van der Waals surface area contributed by atoms with E-state index in [0.29, 0.717) is 65.9 Å². The van der Waals surface area contributed by atoms with Crippen molar-refractivity contribution in [3.8, 4) is 51.6 Å². The number of anilines is 3. The Hall–Kier alpha value is -10.6. The maximum Gasteiger partial charge on any atom is 0.151 e. The number of nitrogens with two attached hydrogens (primary N) is 3. The van der Waals surface area contributed by atoms with Gasteiger partial charge in [-0.1, -0.05) is 54.6 Å². The van der Waals surface area contributed by atoms with Gasteiger partial charge in [0, 0.05) is 139 Å². The van der Waals surface area contributed by atoms with Crippen molar-refractivity contribution in [3.63, 3.8) is 0 Å². The van der Waals surface area contributed by atoms with Crippen molar-refractivity contribution in [2.45, 2.75) is 107 Å². The van der Waals surface area contributed by atoms with Crippen LogP contribution >= 0.6 is 0 Å². The summed E-state index contributed by atoms with van der Waals surface area (Å²) in [6.07, 6.45) is 24.0. The van der Waals surface area contributed by atoms with Gasteiger partial charge in [-0.2, -0.15) is 0 Å².